The number of aromatic nitrogens is 1. The topological polar surface area (TPSA) is 56.3 Å². The molecule has 120 valence electrons. The molecule has 4 heteroatoms. The standard InChI is InChI=1S/C21H14N2O2/c1-2-23-20-10-7-15(14-5-8-17(24)9-6-14)12-18(20)19(21(23)25)13-16-4-3-11-22-16/h1,3-13,22,24H/b19-13-. The van der Waals surface area contributed by atoms with Crippen LogP contribution in [-0.2, 0) is 4.79 Å². The minimum Gasteiger partial charge on any atom is -0.508 e. The van der Waals surface area contributed by atoms with Crippen LogP contribution >= 0.6 is 0 Å². The number of carbonyl (C=O) groups is 1. The largest absolute Gasteiger partial charge is 0.508 e. The molecule has 2 heterocycles. The molecule has 1 aliphatic heterocycles. The number of phenolic OH excluding ortho intramolecular Hbond substituents is 1. The molecule has 2 N–H and O–H groups in total. The number of fused-ring (bicyclic) bond motifs is 1. The van der Waals surface area contributed by atoms with Gasteiger partial charge in [0.15, 0.2) is 0 Å². The van der Waals surface area contributed by atoms with Crippen LogP contribution in [0.1, 0.15) is 11.3 Å². The molecule has 0 saturated carbocycles. The number of hydrogen-bond donors (Lipinski definition) is 2. The van der Waals surface area contributed by atoms with Gasteiger partial charge in [-0.2, -0.15) is 0 Å². The van der Waals surface area contributed by atoms with Gasteiger partial charge in [-0.3, -0.25) is 4.79 Å². The van der Waals surface area contributed by atoms with Crippen molar-refractivity contribution in [3.63, 3.8) is 0 Å². The molecule has 4 nitrogen and oxygen atoms in total. The van der Waals surface area contributed by atoms with Crippen LogP contribution in [0, 0.1) is 12.5 Å². The summed E-state index contributed by atoms with van der Waals surface area (Å²) < 4.78 is 0. The van der Waals surface area contributed by atoms with Crippen molar-refractivity contribution >= 4 is 23.2 Å². The molecule has 0 bridgehead atoms. The molecule has 1 amide bonds. The molecular weight excluding hydrogens is 312 g/mol. The monoisotopic (exact) mass is 326 g/mol. The number of nitrogens with one attached hydrogen (secondary N) is 1. The Morgan fingerprint density at radius 1 is 1.08 bits per heavy atom. The van der Waals surface area contributed by atoms with Gasteiger partial charge >= 0.3 is 0 Å². The molecule has 0 saturated heterocycles. The first kappa shape index (κ1) is 14.9. The number of hydrogen-bond acceptors (Lipinski definition) is 2. The van der Waals surface area contributed by atoms with Crippen molar-refractivity contribution in [1.29, 1.82) is 0 Å². The van der Waals surface area contributed by atoms with Gasteiger partial charge in [-0.1, -0.05) is 24.6 Å². The van der Waals surface area contributed by atoms with Gasteiger partial charge in [0.05, 0.1) is 11.3 Å². The summed E-state index contributed by atoms with van der Waals surface area (Å²) in [5.74, 6) is 0.000815. The van der Waals surface area contributed by atoms with Crippen molar-refractivity contribution in [3.8, 4) is 29.3 Å². The van der Waals surface area contributed by atoms with Crippen molar-refractivity contribution in [2.75, 3.05) is 4.90 Å². The molecule has 0 radical (unpaired) electrons. The summed E-state index contributed by atoms with van der Waals surface area (Å²) in [7, 11) is 0. The Hall–Kier alpha value is -3.71. The highest BCUT2D eigenvalue weighted by Gasteiger charge is 2.32. The Morgan fingerprint density at radius 3 is 2.52 bits per heavy atom. The van der Waals surface area contributed by atoms with Crippen LogP contribution in [-0.4, -0.2) is 16.0 Å². The minimum absolute atomic E-state index is 0.213. The third-order valence-corrected chi connectivity index (χ3v) is 4.21. The second-order valence-corrected chi connectivity index (χ2v) is 5.73. The molecule has 1 aliphatic rings. The third-order valence-electron chi connectivity index (χ3n) is 4.21. The van der Waals surface area contributed by atoms with Gasteiger partial charge in [0.2, 0.25) is 0 Å². The highest BCUT2D eigenvalue weighted by atomic mass is 16.3. The zero-order chi connectivity index (χ0) is 17.4. The number of carbonyl (C=O) groups excluding carboxylic acids is 1. The Morgan fingerprint density at radius 2 is 1.84 bits per heavy atom. The van der Waals surface area contributed by atoms with Crippen molar-refractivity contribution in [2.45, 2.75) is 0 Å². The smallest absolute Gasteiger partial charge is 0.270 e. The van der Waals surface area contributed by atoms with Gasteiger partial charge in [-0.15, -0.1) is 0 Å². The molecule has 0 fully saturated rings. The summed E-state index contributed by atoms with van der Waals surface area (Å²) in [6, 6.07) is 18.9. The van der Waals surface area contributed by atoms with Gasteiger partial charge in [0.1, 0.15) is 5.75 Å². The van der Waals surface area contributed by atoms with Crippen LogP contribution in [0.25, 0.3) is 22.8 Å². The molecule has 3 aromatic rings. The lowest BCUT2D eigenvalue weighted by atomic mass is 9.99. The lowest BCUT2D eigenvalue weighted by Crippen LogP contribution is -2.19. The van der Waals surface area contributed by atoms with E-state index < -0.39 is 0 Å². The van der Waals surface area contributed by atoms with E-state index >= 15 is 0 Å². The van der Waals surface area contributed by atoms with Gasteiger partial charge < -0.3 is 10.1 Å². The van der Waals surface area contributed by atoms with E-state index in [9.17, 15) is 9.90 Å². The summed E-state index contributed by atoms with van der Waals surface area (Å²) >= 11 is 0. The van der Waals surface area contributed by atoms with E-state index in [2.05, 4.69) is 11.0 Å². The van der Waals surface area contributed by atoms with E-state index in [1.165, 1.54) is 4.90 Å². The van der Waals surface area contributed by atoms with E-state index in [-0.39, 0.29) is 11.7 Å². The minimum atomic E-state index is -0.213. The SMILES string of the molecule is C#CN1C(=O)/C(=C\c2ccc[nH]2)c2cc(-c3ccc(O)cc3)ccc21. The first-order valence-corrected chi connectivity index (χ1v) is 7.77. The number of aromatic hydroxyl groups is 1. The molecule has 0 atom stereocenters. The number of H-pyrrole nitrogens is 1. The lowest BCUT2D eigenvalue weighted by molar-refractivity contribution is -0.112. The van der Waals surface area contributed by atoms with E-state index in [1.54, 1.807) is 24.4 Å². The normalized spacial score (nSPS) is 14.6. The van der Waals surface area contributed by atoms with Crippen LogP contribution in [0.2, 0.25) is 0 Å². The van der Waals surface area contributed by atoms with Gasteiger partial charge in [0, 0.05) is 23.5 Å². The Labute approximate surface area is 145 Å². The van der Waals surface area contributed by atoms with Crippen molar-refractivity contribution in [3.05, 3.63) is 72.1 Å². The number of nitrogens with zero attached hydrogens (tertiary/aromatic N) is 1. The molecule has 1 aromatic heterocycles. The lowest BCUT2D eigenvalue weighted by Gasteiger charge is -2.08. The van der Waals surface area contributed by atoms with Crippen molar-refractivity contribution in [1.82, 2.24) is 4.98 Å². The quantitative estimate of drug-likeness (QED) is 0.555. The predicted molar refractivity (Wildman–Crippen MR) is 98.5 cm³/mol. The molecule has 0 aliphatic carbocycles. The maximum Gasteiger partial charge on any atom is 0.270 e. The van der Waals surface area contributed by atoms with E-state index in [0.717, 1.165) is 22.4 Å². The molecule has 25 heavy (non-hydrogen) atoms. The van der Waals surface area contributed by atoms with E-state index in [4.69, 9.17) is 6.42 Å². The third kappa shape index (κ3) is 2.48. The summed E-state index contributed by atoms with van der Waals surface area (Å²) in [6.07, 6.45) is 9.14. The number of phenols is 1. The number of amides is 1. The Kier molecular flexibility index (Phi) is 3.41. The predicted octanol–water partition coefficient (Wildman–Crippen LogP) is 3.87. The fourth-order valence-corrected chi connectivity index (χ4v) is 2.98. The van der Waals surface area contributed by atoms with Gasteiger partial charge in [-0.05, 0) is 53.6 Å². The highest BCUT2D eigenvalue weighted by molar-refractivity contribution is 6.37. The zero-order valence-corrected chi connectivity index (χ0v) is 13.2. The van der Waals surface area contributed by atoms with Crippen molar-refractivity contribution < 1.29 is 9.90 Å². The average Bonchev–Trinajstić information content (AvgIpc) is 3.22. The van der Waals surface area contributed by atoms with Crippen LogP contribution in [0.3, 0.4) is 0 Å². The van der Waals surface area contributed by atoms with E-state index in [1.807, 2.05) is 42.5 Å². The van der Waals surface area contributed by atoms with E-state index in [0.29, 0.717) is 11.3 Å². The number of benzene rings is 2. The summed E-state index contributed by atoms with van der Waals surface area (Å²) in [6.45, 7) is 0. The molecule has 4 rings (SSSR count). The molecule has 2 aromatic carbocycles. The molecular formula is C21H14N2O2. The fraction of sp³-hybridized carbons (Fsp3) is 0. The molecule has 0 unspecified atom stereocenters. The Bertz CT molecular complexity index is 1020. The first-order chi connectivity index (χ1) is 12.2. The maximum atomic E-state index is 12.7. The second-order valence-electron chi connectivity index (χ2n) is 5.73. The maximum absolute atomic E-state index is 12.7. The van der Waals surface area contributed by atoms with Crippen LogP contribution < -0.4 is 4.90 Å². The summed E-state index contributed by atoms with van der Waals surface area (Å²) in [5, 5.41) is 9.46. The number of anilines is 1. The number of terminal acetylenes is 1. The van der Waals surface area contributed by atoms with Gasteiger partial charge in [0.25, 0.3) is 5.91 Å². The summed E-state index contributed by atoms with van der Waals surface area (Å²) in [5.41, 5.74) is 4.78. The van der Waals surface area contributed by atoms with Crippen LogP contribution in [0.5, 0.6) is 5.75 Å². The zero-order valence-electron chi connectivity index (χ0n) is 13.2. The average molecular weight is 326 g/mol. The first-order valence-electron chi connectivity index (χ1n) is 7.77. The second kappa shape index (κ2) is 5.73. The molecule has 0 spiro atoms. The van der Waals surface area contributed by atoms with Crippen molar-refractivity contribution in [2.24, 2.45) is 0 Å². The van der Waals surface area contributed by atoms with Crippen LogP contribution in [0.4, 0.5) is 5.69 Å². The number of rotatable bonds is 2. The summed E-state index contributed by atoms with van der Waals surface area (Å²) in [4.78, 5) is 17.1. The van der Waals surface area contributed by atoms with Crippen LogP contribution in [0.15, 0.2) is 60.8 Å². The fourth-order valence-electron chi connectivity index (χ4n) is 2.98. The highest BCUT2D eigenvalue weighted by Crippen LogP contribution is 2.39. The Balaban J connectivity index is 1.87. The number of aromatic amines is 1. The van der Waals surface area contributed by atoms with Gasteiger partial charge in [-0.25, -0.2) is 4.90 Å².